The number of hydrogen-bond acceptors (Lipinski definition) is 7. The number of anilines is 4. The van der Waals surface area contributed by atoms with Gasteiger partial charge in [0.15, 0.2) is 0 Å². The van der Waals surface area contributed by atoms with Gasteiger partial charge in [0.05, 0.1) is 11.4 Å². The van der Waals surface area contributed by atoms with Gasteiger partial charge in [0.25, 0.3) is 10.0 Å². The van der Waals surface area contributed by atoms with Gasteiger partial charge in [0, 0.05) is 38.6 Å². The molecule has 2 aromatic heterocycles. The minimum absolute atomic E-state index is 0.204. The lowest BCUT2D eigenvalue weighted by atomic mass is 10.3. The van der Waals surface area contributed by atoms with Crippen LogP contribution in [0.25, 0.3) is 0 Å². The molecular weight excluding hydrogens is 390 g/mol. The average molecular weight is 416 g/mol. The van der Waals surface area contributed by atoms with Crippen molar-refractivity contribution < 1.29 is 8.42 Å². The highest BCUT2D eigenvalue weighted by Gasteiger charge is 2.23. The number of aromatic nitrogens is 4. The normalized spacial score (nSPS) is 11.4. The summed E-state index contributed by atoms with van der Waals surface area (Å²) >= 11 is 0. The molecule has 3 aromatic rings. The Labute approximate surface area is 170 Å². The van der Waals surface area contributed by atoms with Crippen LogP contribution in [0.15, 0.2) is 35.2 Å². The molecule has 0 saturated heterocycles. The summed E-state index contributed by atoms with van der Waals surface area (Å²) in [5.41, 5.74) is 2.30. The molecule has 0 bridgehead atoms. The SMILES string of the molecule is Cc1nc(Nc2ccc(NS(=O)(=O)c3c(C)nn(C)c3C)cc2)cc(N(C)C)n1. The maximum Gasteiger partial charge on any atom is 0.265 e. The van der Waals surface area contributed by atoms with Crippen molar-refractivity contribution in [1.29, 1.82) is 0 Å². The summed E-state index contributed by atoms with van der Waals surface area (Å²) in [7, 11) is 1.82. The molecule has 0 spiro atoms. The Kier molecular flexibility index (Phi) is 5.47. The van der Waals surface area contributed by atoms with Gasteiger partial charge in [0.2, 0.25) is 0 Å². The lowest BCUT2D eigenvalue weighted by Crippen LogP contribution is -2.15. The molecule has 2 heterocycles. The highest BCUT2D eigenvalue weighted by atomic mass is 32.2. The first-order valence-electron chi connectivity index (χ1n) is 9.00. The standard InChI is InChI=1S/C19H25N7O2S/c1-12-19(13(2)26(6)23-12)29(27,28)24-16-9-7-15(8-10-16)22-17-11-18(25(4)5)21-14(3)20-17/h7-11,24H,1-6H3,(H,20,21,22). The van der Waals surface area contributed by atoms with Crippen LogP contribution in [0.5, 0.6) is 0 Å². The van der Waals surface area contributed by atoms with E-state index in [1.807, 2.05) is 32.0 Å². The number of aryl methyl sites for hydroxylation is 3. The Morgan fingerprint density at radius 1 is 1.00 bits per heavy atom. The molecule has 154 valence electrons. The average Bonchev–Trinajstić information content (AvgIpc) is 2.88. The van der Waals surface area contributed by atoms with Crippen molar-refractivity contribution in [3.63, 3.8) is 0 Å². The molecule has 0 aliphatic rings. The summed E-state index contributed by atoms with van der Waals surface area (Å²) in [5.74, 6) is 2.12. The van der Waals surface area contributed by atoms with Gasteiger partial charge >= 0.3 is 0 Å². The first-order chi connectivity index (χ1) is 13.6. The van der Waals surface area contributed by atoms with E-state index in [1.54, 1.807) is 49.8 Å². The number of nitrogens with zero attached hydrogens (tertiary/aromatic N) is 5. The van der Waals surface area contributed by atoms with E-state index >= 15 is 0 Å². The molecule has 0 radical (unpaired) electrons. The third kappa shape index (κ3) is 4.48. The Morgan fingerprint density at radius 3 is 2.17 bits per heavy atom. The third-order valence-corrected chi connectivity index (χ3v) is 6.04. The predicted molar refractivity (Wildman–Crippen MR) is 114 cm³/mol. The summed E-state index contributed by atoms with van der Waals surface area (Å²) in [6.07, 6.45) is 0. The number of hydrogen-bond donors (Lipinski definition) is 2. The summed E-state index contributed by atoms with van der Waals surface area (Å²) < 4.78 is 29.7. The topological polar surface area (TPSA) is 105 Å². The molecule has 0 atom stereocenters. The van der Waals surface area contributed by atoms with E-state index in [9.17, 15) is 8.42 Å². The zero-order valence-electron chi connectivity index (χ0n) is 17.3. The molecule has 0 aliphatic heterocycles. The second kappa shape index (κ2) is 7.70. The van der Waals surface area contributed by atoms with E-state index in [0.29, 0.717) is 28.7 Å². The van der Waals surface area contributed by atoms with Crippen LogP contribution in [0.4, 0.5) is 23.0 Å². The molecule has 0 fully saturated rings. The molecule has 0 amide bonds. The predicted octanol–water partition coefficient (Wildman–Crippen LogP) is 2.75. The van der Waals surface area contributed by atoms with Gasteiger partial charge < -0.3 is 10.2 Å². The van der Waals surface area contributed by atoms with Crippen LogP contribution < -0.4 is 14.9 Å². The fourth-order valence-electron chi connectivity index (χ4n) is 2.96. The fraction of sp³-hybridized carbons (Fsp3) is 0.316. The van der Waals surface area contributed by atoms with Gasteiger partial charge in [-0.15, -0.1) is 0 Å². The molecular formula is C19H25N7O2S. The first-order valence-corrected chi connectivity index (χ1v) is 10.5. The van der Waals surface area contributed by atoms with Crippen molar-refractivity contribution in [2.45, 2.75) is 25.7 Å². The van der Waals surface area contributed by atoms with Crippen LogP contribution in [0, 0.1) is 20.8 Å². The van der Waals surface area contributed by atoms with Crippen molar-refractivity contribution in [2.75, 3.05) is 29.0 Å². The first kappa shape index (κ1) is 20.6. The van der Waals surface area contributed by atoms with E-state index in [4.69, 9.17) is 0 Å². The smallest absolute Gasteiger partial charge is 0.265 e. The Balaban J connectivity index is 1.79. The molecule has 0 aliphatic carbocycles. The maximum atomic E-state index is 12.8. The van der Waals surface area contributed by atoms with Crippen LogP contribution in [-0.4, -0.2) is 42.3 Å². The Hall–Kier alpha value is -3.14. The second-order valence-electron chi connectivity index (χ2n) is 6.98. The summed E-state index contributed by atoms with van der Waals surface area (Å²) in [6, 6.07) is 8.81. The van der Waals surface area contributed by atoms with Gasteiger partial charge in [-0.25, -0.2) is 18.4 Å². The minimum atomic E-state index is -3.73. The molecule has 0 saturated carbocycles. The van der Waals surface area contributed by atoms with Gasteiger partial charge in [-0.1, -0.05) is 0 Å². The maximum absolute atomic E-state index is 12.8. The van der Waals surface area contributed by atoms with Crippen molar-refractivity contribution in [1.82, 2.24) is 19.7 Å². The van der Waals surface area contributed by atoms with E-state index in [2.05, 4.69) is 25.1 Å². The van der Waals surface area contributed by atoms with E-state index in [1.165, 1.54) is 0 Å². The molecule has 2 N–H and O–H groups in total. The quantitative estimate of drug-likeness (QED) is 0.638. The molecule has 3 rings (SSSR count). The van der Waals surface area contributed by atoms with Gasteiger partial charge in [-0.3, -0.25) is 9.40 Å². The Morgan fingerprint density at radius 2 is 1.62 bits per heavy atom. The highest BCUT2D eigenvalue weighted by molar-refractivity contribution is 7.92. The fourth-order valence-corrected chi connectivity index (χ4v) is 4.46. The van der Waals surface area contributed by atoms with Crippen LogP contribution in [-0.2, 0) is 17.1 Å². The van der Waals surface area contributed by atoms with Crippen molar-refractivity contribution in [3.8, 4) is 0 Å². The lowest BCUT2D eigenvalue weighted by Gasteiger charge is -2.14. The van der Waals surface area contributed by atoms with E-state index < -0.39 is 10.0 Å². The van der Waals surface area contributed by atoms with Crippen molar-refractivity contribution in [2.24, 2.45) is 7.05 Å². The zero-order valence-corrected chi connectivity index (χ0v) is 18.2. The van der Waals surface area contributed by atoms with E-state index in [-0.39, 0.29) is 4.90 Å². The molecule has 10 heteroatoms. The highest BCUT2D eigenvalue weighted by Crippen LogP contribution is 2.24. The number of rotatable bonds is 6. The third-order valence-electron chi connectivity index (χ3n) is 4.40. The molecule has 29 heavy (non-hydrogen) atoms. The minimum Gasteiger partial charge on any atom is -0.363 e. The van der Waals surface area contributed by atoms with Crippen molar-refractivity contribution in [3.05, 3.63) is 47.5 Å². The monoisotopic (exact) mass is 415 g/mol. The van der Waals surface area contributed by atoms with Crippen LogP contribution in [0.2, 0.25) is 0 Å². The summed E-state index contributed by atoms with van der Waals surface area (Å²) in [5, 5.41) is 7.39. The summed E-state index contributed by atoms with van der Waals surface area (Å²) in [4.78, 5) is 10.9. The van der Waals surface area contributed by atoms with Crippen molar-refractivity contribution >= 4 is 33.0 Å². The number of nitrogens with one attached hydrogen (secondary N) is 2. The van der Waals surface area contributed by atoms with Gasteiger partial charge in [-0.2, -0.15) is 5.10 Å². The van der Waals surface area contributed by atoms with Gasteiger partial charge in [0.1, 0.15) is 22.4 Å². The summed E-state index contributed by atoms with van der Waals surface area (Å²) in [6.45, 7) is 5.24. The molecule has 1 aromatic carbocycles. The van der Waals surface area contributed by atoms with E-state index in [0.717, 1.165) is 11.5 Å². The second-order valence-corrected chi connectivity index (χ2v) is 8.60. The van der Waals surface area contributed by atoms with Crippen LogP contribution >= 0.6 is 0 Å². The Bertz CT molecular complexity index is 1140. The largest absolute Gasteiger partial charge is 0.363 e. The molecule has 0 unspecified atom stereocenters. The van der Waals surface area contributed by atoms with Crippen LogP contribution in [0.1, 0.15) is 17.2 Å². The zero-order chi connectivity index (χ0) is 21.3. The molecule has 9 nitrogen and oxygen atoms in total. The number of benzene rings is 1. The number of sulfonamides is 1. The van der Waals surface area contributed by atoms with Crippen LogP contribution in [0.3, 0.4) is 0 Å². The van der Waals surface area contributed by atoms with Gasteiger partial charge in [-0.05, 0) is 45.0 Å². The lowest BCUT2D eigenvalue weighted by molar-refractivity contribution is 0.599.